The number of nitrogens with two attached hydrogens (primary N) is 1. The molecule has 0 aromatic rings. The summed E-state index contributed by atoms with van der Waals surface area (Å²) in [5, 5.41) is 0. The maximum absolute atomic E-state index is 5.23. The fourth-order valence-corrected chi connectivity index (χ4v) is 0.675. The van der Waals surface area contributed by atoms with E-state index < -0.39 is 0 Å². The molecule has 0 unspecified atom stereocenters. The van der Waals surface area contributed by atoms with Crippen LogP contribution in [0, 0.1) is 6.04 Å². The van der Waals surface area contributed by atoms with E-state index in [-0.39, 0.29) is 0 Å². The van der Waals surface area contributed by atoms with Crippen LogP contribution in [0.4, 0.5) is 0 Å². The van der Waals surface area contributed by atoms with Crippen molar-refractivity contribution in [2.75, 3.05) is 5.75 Å². The molecule has 0 aliphatic carbocycles. The Morgan fingerprint density at radius 1 is 2.00 bits per heavy atom. The minimum atomic E-state index is 0.750. The van der Waals surface area contributed by atoms with Crippen LogP contribution in [0.25, 0.3) is 0 Å². The lowest BCUT2D eigenvalue weighted by Crippen LogP contribution is -2.08. The molecule has 2 nitrogen and oxygen atoms in total. The normalized spacial score (nSPS) is 22.8. The van der Waals surface area contributed by atoms with Crippen molar-refractivity contribution in [3.05, 3.63) is 6.04 Å². The van der Waals surface area contributed by atoms with Crippen molar-refractivity contribution in [1.82, 2.24) is 0 Å². The molecule has 6 heavy (non-hydrogen) atoms. The van der Waals surface area contributed by atoms with Crippen molar-refractivity contribution in [2.24, 2.45) is 10.1 Å². The molecule has 0 bridgehead atoms. The van der Waals surface area contributed by atoms with Gasteiger partial charge in [-0.05, 0) is 11.9 Å². The maximum Gasteiger partial charge on any atom is 0.0969 e. The van der Waals surface area contributed by atoms with Crippen LogP contribution in [0.2, 0.25) is 0 Å². The highest BCUT2D eigenvalue weighted by Crippen LogP contribution is 2.11. The van der Waals surface area contributed by atoms with Gasteiger partial charge in [-0.3, -0.25) is 0 Å². The van der Waals surface area contributed by atoms with Gasteiger partial charge in [0.2, 0.25) is 0 Å². The molecule has 0 aromatic heterocycles. The molecule has 32 valence electrons. The summed E-state index contributed by atoms with van der Waals surface area (Å²) in [5.41, 5.74) is 5.23. The number of hydrogen-bond donors (Lipinski definition) is 1. The molecule has 0 atom stereocenters. The van der Waals surface area contributed by atoms with E-state index in [1.54, 1.807) is 0 Å². The van der Waals surface area contributed by atoms with Crippen molar-refractivity contribution in [2.45, 2.75) is 0 Å². The lowest BCUT2D eigenvalue weighted by molar-refractivity contribution is 1.25. The Bertz CT molecular complexity index is 71.2. The van der Waals surface area contributed by atoms with E-state index in [1.807, 2.05) is 0 Å². The average Bonchev–Trinajstić information content (AvgIpc) is 1.86. The monoisotopic (exact) mass is 100 g/mol. The highest BCUT2D eigenvalue weighted by molar-refractivity contribution is 7.98. The van der Waals surface area contributed by atoms with Gasteiger partial charge in [0.15, 0.2) is 0 Å². The second-order valence-corrected chi connectivity index (χ2v) is 1.73. The van der Waals surface area contributed by atoms with Crippen LogP contribution in [0.15, 0.2) is 4.40 Å². The lowest BCUT2D eigenvalue weighted by Gasteiger charge is -1.84. The highest BCUT2D eigenvalue weighted by Gasteiger charge is 2.04. The molecule has 0 saturated heterocycles. The maximum atomic E-state index is 5.23. The van der Waals surface area contributed by atoms with Crippen molar-refractivity contribution >= 4 is 18.2 Å². The van der Waals surface area contributed by atoms with Gasteiger partial charge in [-0.25, -0.2) is 4.40 Å². The quantitative estimate of drug-likeness (QED) is 0.438. The average molecular weight is 100 g/mol. The SMILES string of the molecule is N[C]1[C]=NSC1. The summed E-state index contributed by atoms with van der Waals surface area (Å²) >= 11 is 1.43. The first-order valence-electron chi connectivity index (χ1n) is 1.59. The molecule has 0 spiro atoms. The zero-order valence-corrected chi connectivity index (χ0v) is 3.96. The van der Waals surface area contributed by atoms with E-state index in [4.69, 9.17) is 5.73 Å². The second-order valence-electron chi connectivity index (χ2n) is 1.00. The van der Waals surface area contributed by atoms with Crippen molar-refractivity contribution in [3.63, 3.8) is 0 Å². The summed E-state index contributed by atoms with van der Waals surface area (Å²) in [6.07, 6.45) is 2.60. The molecule has 2 N–H and O–H groups in total. The molecule has 1 heterocycles. The second kappa shape index (κ2) is 1.62. The predicted molar refractivity (Wildman–Crippen MR) is 27.3 cm³/mol. The van der Waals surface area contributed by atoms with Crippen molar-refractivity contribution in [3.8, 4) is 0 Å². The van der Waals surface area contributed by atoms with Gasteiger partial charge in [0.25, 0.3) is 0 Å². The molecule has 0 fully saturated rings. The van der Waals surface area contributed by atoms with E-state index in [2.05, 4.69) is 10.6 Å². The van der Waals surface area contributed by atoms with Crippen LogP contribution < -0.4 is 5.73 Å². The summed E-state index contributed by atoms with van der Waals surface area (Å²) in [4.78, 5) is 0. The number of nitrogens with zero attached hydrogens (tertiary/aromatic N) is 1. The van der Waals surface area contributed by atoms with Crippen LogP contribution >= 0.6 is 11.9 Å². The number of rotatable bonds is 0. The zero-order chi connectivity index (χ0) is 4.41. The summed E-state index contributed by atoms with van der Waals surface area (Å²) in [6.45, 7) is 0. The summed E-state index contributed by atoms with van der Waals surface area (Å²) in [6, 6.07) is 0.750. The minimum Gasteiger partial charge on any atom is -0.317 e. The van der Waals surface area contributed by atoms with Crippen molar-refractivity contribution < 1.29 is 0 Å². The molecular weight excluding hydrogens is 96.1 g/mol. The third kappa shape index (κ3) is 0.725. The zero-order valence-electron chi connectivity index (χ0n) is 3.14. The molecule has 0 aromatic carbocycles. The Balaban J connectivity index is 2.38. The molecule has 2 radical (unpaired) electrons. The Morgan fingerprint density at radius 3 is 3.00 bits per heavy atom. The van der Waals surface area contributed by atoms with Gasteiger partial charge in [0.1, 0.15) is 0 Å². The lowest BCUT2D eigenvalue weighted by atomic mass is 10.4. The van der Waals surface area contributed by atoms with Crippen LogP contribution in [-0.2, 0) is 0 Å². The van der Waals surface area contributed by atoms with E-state index in [0.717, 1.165) is 11.8 Å². The van der Waals surface area contributed by atoms with Gasteiger partial charge in [-0.15, -0.1) is 0 Å². The van der Waals surface area contributed by atoms with E-state index in [9.17, 15) is 0 Å². The summed E-state index contributed by atoms with van der Waals surface area (Å²) < 4.78 is 3.67. The van der Waals surface area contributed by atoms with Gasteiger partial charge in [0.05, 0.1) is 12.3 Å². The smallest absolute Gasteiger partial charge is 0.0969 e. The molecule has 0 amide bonds. The standard InChI is InChI=1S/C3H4N2S/c4-3-1-5-6-2-3/h2,4H2. The third-order valence-corrected chi connectivity index (χ3v) is 1.13. The molecule has 1 aliphatic heterocycles. The Labute approximate surface area is 41.0 Å². The van der Waals surface area contributed by atoms with Gasteiger partial charge < -0.3 is 5.73 Å². The third-order valence-electron chi connectivity index (χ3n) is 0.474. The fourth-order valence-electron chi connectivity index (χ4n) is 0.225. The Morgan fingerprint density at radius 2 is 2.83 bits per heavy atom. The van der Waals surface area contributed by atoms with E-state index in [1.165, 1.54) is 11.9 Å². The molecule has 0 saturated carbocycles. The number of hydrogen-bond acceptors (Lipinski definition) is 3. The topological polar surface area (TPSA) is 38.4 Å². The minimum absolute atomic E-state index is 0.750. The molecule has 1 aliphatic rings. The van der Waals surface area contributed by atoms with E-state index >= 15 is 0 Å². The van der Waals surface area contributed by atoms with Crippen LogP contribution in [0.5, 0.6) is 0 Å². The Hall–Kier alpha value is -0.0200. The predicted octanol–water partition coefficient (Wildman–Crippen LogP) is 0.0867. The van der Waals surface area contributed by atoms with Crippen LogP contribution in [0.1, 0.15) is 0 Å². The summed E-state index contributed by atoms with van der Waals surface area (Å²) in [7, 11) is 0. The van der Waals surface area contributed by atoms with Crippen LogP contribution in [-0.4, -0.2) is 12.0 Å². The van der Waals surface area contributed by atoms with Crippen molar-refractivity contribution in [1.29, 1.82) is 0 Å². The van der Waals surface area contributed by atoms with Gasteiger partial charge >= 0.3 is 0 Å². The first-order chi connectivity index (χ1) is 2.89. The Kier molecular flexibility index (Phi) is 1.12. The first-order valence-corrected chi connectivity index (χ1v) is 2.53. The first kappa shape index (κ1) is 4.15. The van der Waals surface area contributed by atoms with Gasteiger partial charge in [-0.2, -0.15) is 0 Å². The molecular formula is C3H4N2S. The molecule has 3 heteroatoms. The fraction of sp³-hybridized carbons (Fsp3) is 0.333. The highest BCUT2D eigenvalue weighted by atomic mass is 32.2. The van der Waals surface area contributed by atoms with Gasteiger partial charge in [0, 0.05) is 5.75 Å². The molecule has 1 rings (SSSR count). The largest absolute Gasteiger partial charge is 0.317 e. The van der Waals surface area contributed by atoms with Gasteiger partial charge in [-0.1, -0.05) is 0 Å². The van der Waals surface area contributed by atoms with E-state index in [0.29, 0.717) is 0 Å². The van der Waals surface area contributed by atoms with Crippen LogP contribution in [0.3, 0.4) is 0 Å². The summed E-state index contributed by atoms with van der Waals surface area (Å²) in [5.74, 6) is 0.819.